The minimum atomic E-state index is -1.04. The number of thiophene rings is 1. The predicted octanol–water partition coefficient (Wildman–Crippen LogP) is 2.66. The Morgan fingerprint density at radius 1 is 1.40 bits per heavy atom. The van der Waals surface area contributed by atoms with E-state index < -0.39 is 12.1 Å². The normalized spacial score (nSPS) is 10.1. The standard InChI is InChI=1S/C13H11NO5S/c1-2-18-13(17)19-12(16)11-10(5-7-20-11)14-6-3-4-9(14)8-15/h3-8H,2H2,1H3. The summed E-state index contributed by atoms with van der Waals surface area (Å²) in [6, 6.07) is 4.96. The number of nitrogens with zero attached hydrogens (tertiary/aromatic N) is 1. The van der Waals surface area contributed by atoms with Crippen molar-refractivity contribution in [2.45, 2.75) is 6.92 Å². The number of aromatic nitrogens is 1. The van der Waals surface area contributed by atoms with Gasteiger partial charge >= 0.3 is 12.1 Å². The largest absolute Gasteiger partial charge is 0.516 e. The van der Waals surface area contributed by atoms with Crippen LogP contribution in [0.15, 0.2) is 29.8 Å². The van der Waals surface area contributed by atoms with E-state index in [1.165, 1.54) is 0 Å². The Labute approximate surface area is 118 Å². The van der Waals surface area contributed by atoms with Crippen molar-refractivity contribution in [1.82, 2.24) is 4.57 Å². The molecular weight excluding hydrogens is 282 g/mol. The van der Waals surface area contributed by atoms with E-state index in [0.29, 0.717) is 17.7 Å². The maximum Gasteiger partial charge on any atom is 0.516 e. The average molecular weight is 293 g/mol. The third kappa shape index (κ3) is 2.77. The summed E-state index contributed by atoms with van der Waals surface area (Å²) in [5.74, 6) is -0.806. The fraction of sp³-hybridized carbons (Fsp3) is 0.154. The van der Waals surface area contributed by atoms with Crippen LogP contribution >= 0.6 is 11.3 Å². The molecule has 2 heterocycles. The van der Waals surface area contributed by atoms with Gasteiger partial charge in [-0.05, 0) is 30.5 Å². The van der Waals surface area contributed by atoms with Gasteiger partial charge in [-0.3, -0.25) is 4.79 Å². The van der Waals surface area contributed by atoms with Crippen LogP contribution in [-0.4, -0.2) is 29.6 Å². The molecule has 104 valence electrons. The molecule has 0 atom stereocenters. The van der Waals surface area contributed by atoms with Gasteiger partial charge in [-0.1, -0.05) is 0 Å². The van der Waals surface area contributed by atoms with E-state index in [4.69, 9.17) is 0 Å². The molecule has 6 nitrogen and oxygen atoms in total. The fourth-order valence-corrected chi connectivity index (χ4v) is 2.38. The number of carbonyl (C=O) groups is 3. The monoisotopic (exact) mass is 293 g/mol. The summed E-state index contributed by atoms with van der Waals surface area (Å²) in [6.45, 7) is 1.73. The van der Waals surface area contributed by atoms with Gasteiger partial charge in [-0.2, -0.15) is 0 Å². The number of esters is 1. The van der Waals surface area contributed by atoms with Gasteiger partial charge in [0.05, 0.1) is 18.0 Å². The van der Waals surface area contributed by atoms with Gasteiger partial charge in [0.2, 0.25) is 0 Å². The quantitative estimate of drug-likeness (QED) is 0.492. The van der Waals surface area contributed by atoms with Crippen LogP contribution in [0.5, 0.6) is 0 Å². The van der Waals surface area contributed by atoms with E-state index in [1.54, 1.807) is 41.3 Å². The van der Waals surface area contributed by atoms with E-state index in [1.807, 2.05) is 0 Å². The van der Waals surface area contributed by atoms with Crippen molar-refractivity contribution in [3.05, 3.63) is 40.3 Å². The first-order chi connectivity index (χ1) is 9.67. The van der Waals surface area contributed by atoms with Crippen LogP contribution in [0.3, 0.4) is 0 Å². The summed E-state index contributed by atoms with van der Waals surface area (Å²) in [6.07, 6.45) is 1.28. The van der Waals surface area contributed by atoms with E-state index in [2.05, 4.69) is 9.47 Å². The predicted molar refractivity (Wildman–Crippen MR) is 71.5 cm³/mol. The fourth-order valence-electron chi connectivity index (χ4n) is 1.62. The smallest absolute Gasteiger partial charge is 0.434 e. The highest BCUT2D eigenvalue weighted by Crippen LogP contribution is 2.23. The second kappa shape index (κ2) is 6.16. The molecule has 0 aliphatic carbocycles. The summed E-state index contributed by atoms with van der Waals surface area (Å²) in [5, 5.41) is 1.67. The molecule has 0 radical (unpaired) electrons. The molecule has 0 N–H and O–H groups in total. The molecule has 0 bridgehead atoms. The van der Waals surface area contributed by atoms with Crippen molar-refractivity contribution in [3.8, 4) is 5.69 Å². The van der Waals surface area contributed by atoms with Gasteiger partial charge in [0.15, 0.2) is 6.29 Å². The van der Waals surface area contributed by atoms with E-state index >= 15 is 0 Å². The number of ether oxygens (including phenoxy) is 2. The van der Waals surface area contributed by atoms with Gasteiger partial charge in [0.1, 0.15) is 4.88 Å². The van der Waals surface area contributed by atoms with Gasteiger partial charge in [-0.15, -0.1) is 11.3 Å². The summed E-state index contributed by atoms with van der Waals surface area (Å²) in [7, 11) is 0. The average Bonchev–Trinajstić information content (AvgIpc) is 3.06. The third-order valence-corrected chi connectivity index (χ3v) is 3.31. The molecule has 0 fully saturated rings. The van der Waals surface area contributed by atoms with Crippen LogP contribution in [0.2, 0.25) is 0 Å². The highest BCUT2D eigenvalue weighted by Gasteiger charge is 2.20. The number of hydrogen-bond donors (Lipinski definition) is 0. The van der Waals surface area contributed by atoms with Gasteiger partial charge in [0, 0.05) is 6.20 Å². The molecule has 2 rings (SSSR count). The second-order valence-corrected chi connectivity index (χ2v) is 4.54. The van der Waals surface area contributed by atoms with E-state index in [9.17, 15) is 14.4 Å². The molecule has 2 aromatic heterocycles. The Morgan fingerprint density at radius 2 is 2.20 bits per heavy atom. The minimum Gasteiger partial charge on any atom is -0.434 e. The van der Waals surface area contributed by atoms with Crippen LogP contribution in [0.25, 0.3) is 5.69 Å². The van der Waals surface area contributed by atoms with Crippen LogP contribution in [0.4, 0.5) is 4.79 Å². The van der Waals surface area contributed by atoms with Crippen molar-refractivity contribution in [1.29, 1.82) is 0 Å². The number of hydrogen-bond acceptors (Lipinski definition) is 6. The summed E-state index contributed by atoms with van der Waals surface area (Å²) < 4.78 is 10.6. The van der Waals surface area contributed by atoms with Gasteiger partial charge < -0.3 is 14.0 Å². The first kappa shape index (κ1) is 14.0. The van der Waals surface area contributed by atoms with Crippen LogP contribution in [0.1, 0.15) is 27.1 Å². The molecule has 0 amide bonds. The number of carbonyl (C=O) groups excluding carboxylic acids is 3. The van der Waals surface area contributed by atoms with Crippen molar-refractivity contribution in [3.63, 3.8) is 0 Å². The second-order valence-electron chi connectivity index (χ2n) is 3.63. The zero-order valence-corrected chi connectivity index (χ0v) is 11.4. The Morgan fingerprint density at radius 3 is 2.90 bits per heavy atom. The van der Waals surface area contributed by atoms with Crippen molar-refractivity contribution < 1.29 is 23.9 Å². The molecule has 0 aromatic carbocycles. The Bertz CT molecular complexity index is 643. The number of rotatable bonds is 4. The molecule has 0 unspecified atom stereocenters. The molecule has 0 saturated carbocycles. The lowest BCUT2D eigenvalue weighted by molar-refractivity contribution is 0.0406. The molecule has 0 spiro atoms. The SMILES string of the molecule is CCOC(=O)OC(=O)c1sccc1-n1cccc1C=O. The lowest BCUT2D eigenvalue weighted by Gasteiger charge is -2.06. The molecule has 20 heavy (non-hydrogen) atoms. The highest BCUT2D eigenvalue weighted by molar-refractivity contribution is 7.12. The van der Waals surface area contributed by atoms with Crippen molar-refractivity contribution in [2.24, 2.45) is 0 Å². The van der Waals surface area contributed by atoms with Crippen LogP contribution in [0, 0.1) is 0 Å². The lowest BCUT2D eigenvalue weighted by atomic mass is 10.3. The Kier molecular flexibility index (Phi) is 4.31. The third-order valence-electron chi connectivity index (χ3n) is 2.43. The zero-order chi connectivity index (χ0) is 14.5. The highest BCUT2D eigenvalue weighted by atomic mass is 32.1. The lowest BCUT2D eigenvalue weighted by Crippen LogP contribution is -2.14. The maximum atomic E-state index is 11.9. The van der Waals surface area contributed by atoms with Crippen molar-refractivity contribution >= 4 is 29.7 Å². The first-order valence-corrected chi connectivity index (χ1v) is 6.64. The maximum absolute atomic E-state index is 11.9. The molecule has 2 aromatic rings. The Hall–Kier alpha value is -2.41. The summed E-state index contributed by atoms with van der Waals surface area (Å²) in [4.78, 5) is 34.2. The summed E-state index contributed by atoms with van der Waals surface area (Å²) >= 11 is 1.12. The molecule has 0 aliphatic rings. The van der Waals surface area contributed by atoms with Crippen LogP contribution < -0.4 is 0 Å². The minimum absolute atomic E-state index is 0.121. The molecule has 0 aliphatic heterocycles. The van der Waals surface area contributed by atoms with E-state index in [0.717, 1.165) is 11.3 Å². The van der Waals surface area contributed by atoms with Crippen LogP contribution in [-0.2, 0) is 9.47 Å². The summed E-state index contributed by atoms with van der Waals surface area (Å²) in [5.41, 5.74) is 0.880. The van der Waals surface area contributed by atoms with Gasteiger partial charge in [-0.25, -0.2) is 9.59 Å². The zero-order valence-electron chi connectivity index (χ0n) is 10.6. The van der Waals surface area contributed by atoms with E-state index in [-0.39, 0.29) is 11.5 Å². The Balaban J connectivity index is 2.27. The number of aldehydes is 1. The first-order valence-electron chi connectivity index (χ1n) is 5.76. The molecule has 7 heteroatoms. The van der Waals surface area contributed by atoms with Crippen molar-refractivity contribution in [2.75, 3.05) is 6.61 Å². The van der Waals surface area contributed by atoms with Gasteiger partial charge in [0.25, 0.3) is 0 Å². The molecule has 0 saturated heterocycles. The topological polar surface area (TPSA) is 74.6 Å². The molecular formula is C13H11NO5S.